The van der Waals surface area contributed by atoms with Crippen LogP contribution < -0.4 is 11.1 Å². The number of halogens is 4. The largest absolute Gasteiger partial charge is 0.404 e. The summed E-state index contributed by atoms with van der Waals surface area (Å²) in [5.41, 5.74) is 4.50. The fraction of sp³-hybridized carbons (Fsp3) is 0.389. The van der Waals surface area contributed by atoms with E-state index in [0.29, 0.717) is 18.5 Å². The van der Waals surface area contributed by atoms with E-state index in [0.717, 1.165) is 6.42 Å². The average molecular weight is 368 g/mol. The standard InChI is InChI=1S/C18H17ClF3N3/c19-11-6-7-14-13(9-11)17(18(20,21)22,15(23)10-3-1-4-10)12-5-2-8-24-16(12)25-14/h2,5-10,15H,1,3-4,23H2,(H,24,25). The van der Waals surface area contributed by atoms with E-state index in [9.17, 15) is 13.2 Å². The molecule has 132 valence electrons. The Morgan fingerprint density at radius 1 is 1.24 bits per heavy atom. The molecule has 2 aliphatic rings. The van der Waals surface area contributed by atoms with Gasteiger partial charge in [-0.25, -0.2) is 4.98 Å². The summed E-state index contributed by atoms with van der Waals surface area (Å²) < 4.78 is 44.0. The van der Waals surface area contributed by atoms with E-state index in [1.807, 2.05) is 0 Å². The van der Waals surface area contributed by atoms with Gasteiger partial charge >= 0.3 is 6.18 Å². The van der Waals surface area contributed by atoms with Gasteiger partial charge in [-0.15, -0.1) is 0 Å². The number of benzene rings is 1. The SMILES string of the molecule is NC(C1CCC1)C1(C(F)(F)F)c2cc(Cl)ccc2Nc2ncccc21. The highest BCUT2D eigenvalue weighted by atomic mass is 35.5. The van der Waals surface area contributed by atoms with Crippen molar-refractivity contribution in [3.05, 3.63) is 52.7 Å². The smallest absolute Gasteiger partial charge is 0.340 e. The molecule has 2 unspecified atom stereocenters. The molecule has 3 nitrogen and oxygen atoms in total. The summed E-state index contributed by atoms with van der Waals surface area (Å²) in [6, 6.07) is 6.39. The highest BCUT2D eigenvalue weighted by Gasteiger charge is 2.65. The van der Waals surface area contributed by atoms with Crippen molar-refractivity contribution in [2.24, 2.45) is 11.7 Å². The number of anilines is 2. The van der Waals surface area contributed by atoms with Crippen LogP contribution in [0.25, 0.3) is 0 Å². The van der Waals surface area contributed by atoms with Crippen molar-refractivity contribution in [3.63, 3.8) is 0 Å². The zero-order chi connectivity index (χ0) is 17.8. The van der Waals surface area contributed by atoms with E-state index in [4.69, 9.17) is 17.3 Å². The maximum Gasteiger partial charge on any atom is 0.404 e. The number of nitrogens with one attached hydrogen (secondary N) is 1. The van der Waals surface area contributed by atoms with E-state index >= 15 is 0 Å². The Morgan fingerprint density at radius 2 is 2.00 bits per heavy atom. The molecule has 25 heavy (non-hydrogen) atoms. The summed E-state index contributed by atoms with van der Waals surface area (Å²) in [5, 5.41) is 3.25. The van der Waals surface area contributed by atoms with Crippen LogP contribution in [0.15, 0.2) is 36.5 Å². The predicted octanol–water partition coefficient (Wildman–Crippen LogP) is 4.77. The first-order chi connectivity index (χ1) is 11.9. The number of hydrogen-bond donors (Lipinski definition) is 2. The molecule has 0 radical (unpaired) electrons. The highest BCUT2D eigenvalue weighted by molar-refractivity contribution is 6.30. The quantitative estimate of drug-likeness (QED) is 0.804. The summed E-state index contributed by atoms with van der Waals surface area (Å²) in [5.74, 6) is 0.0176. The third-order valence-electron chi connectivity index (χ3n) is 5.50. The van der Waals surface area contributed by atoms with E-state index in [-0.39, 0.29) is 27.9 Å². The summed E-state index contributed by atoms with van der Waals surface area (Å²) in [4.78, 5) is 4.14. The Balaban J connectivity index is 2.06. The van der Waals surface area contributed by atoms with Gasteiger partial charge in [0.2, 0.25) is 0 Å². The molecule has 1 aromatic carbocycles. The monoisotopic (exact) mass is 367 g/mol. The Bertz CT molecular complexity index is 819. The third kappa shape index (κ3) is 2.27. The lowest BCUT2D eigenvalue weighted by molar-refractivity contribution is -0.189. The maximum atomic E-state index is 14.7. The molecular formula is C18H17ClF3N3. The number of hydrogen-bond acceptors (Lipinski definition) is 3. The molecule has 2 heterocycles. The fourth-order valence-corrected chi connectivity index (χ4v) is 4.23. The number of nitrogens with zero attached hydrogens (tertiary/aromatic N) is 1. The molecule has 7 heteroatoms. The third-order valence-corrected chi connectivity index (χ3v) is 5.73. The number of fused-ring (bicyclic) bond motifs is 2. The molecule has 3 N–H and O–H groups in total. The van der Waals surface area contributed by atoms with Crippen molar-refractivity contribution < 1.29 is 13.2 Å². The zero-order valence-electron chi connectivity index (χ0n) is 13.3. The number of pyridine rings is 1. The second-order valence-electron chi connectivity index (χ2n) is 6.74. The van der Waals surface area contributed by atoms with Gasteiger partial charge in [-0.05, 0) is 48.6 Å². The van der Waals surface area contributed by atoms with Gasteiger partial charge in [-0.1, -0.05) is 24.1 Å². The number of nitrogens with two attached hydrogens (primary N) is 1. The van der Waals surface area contributed by atoms with Crippen molar-refractivity contribution in [2.45, 2.75) is 36.9 Å². The van der Waals surface area contributed by atoms with E-state index in [2.05, 4.69) is 10.3 Å². The van der Waals surface area contributed by atoms with Crippen molar-refractivity contribution in [3.8, 4) is 0 Å². The van der Waals surface area contributed by atoms with Crippen LogP contribution in [0.3, 0.4) is 0 Å². The molecule has 2 aromatic rings. The van der Waals surface area contributed by atoms with E-state index in [1.54, 1.807) is 12.1 Å². The first-order valence-electron chi connectivity index (χ1n) is 8.20. The van der Waals surface area contributed by atoms with Gasteiger partial charge in [0.15, 0.2) is 0 Å². The number of alkyl halides is 3. The highest BCUT2D eigenvalue weighted by Crippen LogP contribution is 2.58. The second kappa shape index (κ2) is 5.61. The maximum absolute atomic E-state index is 14.7. The summed E-state index contributed by atoms with van der Waals surface area (Å²) in [7, 11) is 0. The average Bonchev–Trinajstić information content (AvgIpc) is 2.49. The number of rotatable bonds is 2. The predicted molar refractivity (Wildman–Crippen MR) is 91.1 cm³/mol. The van der Waals surface area contributed by atoms with Crippen LogP contribution in [-0.2, 0) is 5.41 Å². The van der Waals surface area contributed by atoms with Gasteiger partial charge in [0.1, 0.15) is 11.2 Å². The minimum Gasteiger partial charge on any atom is -0.340 e. The Morgan fingerprint density at radius 3 is 2.64 bits per heavy atom. The molecule has 1 aliphatic heterocycles. The normalized spacial score (nSPS) is 23.9. The zero-order valence-corrected chi connectivity index (χ0v) is 14.0. The van der Waals surface area contributed by atoms with Gasteiger partial charge in [0.05, 0.1) is 0 Å². The van der Waals surface area contributed by atoms with Crippen LogP contribution in [0.4, 0.5) is 24.7 Å². The van der Waals surface area contributed by atoms with Crippen LogP contribution in [0.1, 0.15) is 30.4 Å². The Kier molecular flexibility index (Phi) is 3.74. The first kappa shape index (κ1) is 16.7. The number of aromatic nitrogens is 1. The minimum atomic E-state index is -4.58. The molecule has 1 aromatic heterocycles. The molecule has 0 spiro atoms. The second-order valence-corrected chi connectivity index (χ2v) is 7.17. The molecule has 1 saturated carbocycles. The van der Waals surface area contributed by atoms with Crippen LogP contribution in [0, 0.1) is 5.92 Å². The first-order valence-corrected chi connectivity index (χ1v) is 8.58. The lowest BCUT2D eigenvalue weighted by Gasteiger charge is -2.49. The topological polar surface area (TPSA) is 50.9 Å². The lowest BCUT2D eigenvalue weighted by atomic mass is 9.60. The molecule has 0 saturated heterocycles. The molecular weight excluding hydrogens is 351 g/mol. The van der Waals surface area contributed by atoms with Crippen LogP contribution in [0.5, 0.6) is 0 Å². The summed E-state index contributed by atoms with van der Waals surface area (Å²) in [6.45, 7) is 0. The molecule has 2 atom stereocenters. The summed E-state index contributed by atoms with van der Waals surface area (Å²) in [6.07, 6.45) is -0.785. The van der Waals surface area contributed by atoms with Crippen LogP contribution >= 0.6 is 11.6 Å². The van der Waals surface area contributed by atoms with Crippen molar-refractivity contribution in [2.75, 3.05) is 5.32 Å². The van der Waals surface area contributed by atoms with Gasteiger partial charge in [0, 0.05) is 28.5 Å². The molecule has 0 bridgehead atoms. The Hall–Kier alpha value is -1.79. The van der Waals surface area contributed by atoms with Crippen LogP contribution in [0.2, 0.25) is 5.02 Å². The van der Waals surface area contributed by atoms with Gasteiger partial charge in [0.25, 0.3) is 0 Å². The Labute approximate surface area is 148 Å². The van der Waals surface area contributed by atoms with Crippen molar-refractivity contribution in [1.82, 2.24) is 4.98 Å². The van der Waals surface area contributed by atoms with Gasteiger partial charge in [-0.2, -0.15) is 13.2 Å². The van der Waals surface area contributed by atoms with E-state index < -0.39 is 17.6 Å². The minimum absolute atomic E-state index is 0.0664. The molecule has 0 amide bonds. The molecule has 4 rings (SSSR count). The molecule has 1 fully saturated rings. The summed E-state index contributed by atoms with van der Waals surface area (Å²) >= 11 is 6.06. The van der Waals surface area contributed by atoms with Crippen molar-refractivity contribution in [1.29, 1.82) is 0 Å². The van der Waals surface area contributed by atoms with Gasteiger partial charge in [-0.3, -0.25) is 0 Å². The lowest BCUT2D eigenvalue weighted by Crippen LogP contribution is -2.61. The fourth-order valence-electron chi connectivity index (χ4n) is 4.05. The van der Waals surface area contributed by atoms with Crippen LogP contribution in [-0.4, -0.2) is 17.2 Å². The van der Waals surface area contributed by atoms with Gasteiger partial charge < -0.3 is 11.1 Å². The molecule has 1 aliphatic carbocycles. The van der Waals surface area contributed by atoms with E-state index in [1.165, 1.54) is 24.4 Å². The van der Waals surface area contributed by atoms with Crippen molar-refractivity contribution >= 4 is 23.1 Å².